The van der Waals surface area contributed by atoms with Gasteiger partial charge in [-0.2, -0.15) is 0 Å². The van der Waals surface area contributed by atoms with E-state index in [0.29, 0.717) is 14.3 Å². The zero-order valence-electron chi connectivity index (χ0n) is 11.4. The summed E-state index contributed by atoms with van der Waals surface area (Å²) in [7, 11) is 0. The minimum atomic E-state index is -0.915. The normalized spacial score (nSPS) is 10.6. The number of carboxylic acids is 1. The van der Waals surface area contributed by atoms with Crippen LogP contribution in [0.15, 0.2) is 10.4 Å². The second-order valence-corrected chi connectivity index (χ2v) is 7.42. The van der Waals surface area contributed by atoms with Crippen molar-refractivity contribution in [3.8, 4) is 0 Å². The van der Waals surface area contributed by atoms with E-state index in [2.05, 4.69) is 22.4 Å². The molecule has 0 saturated carbocycles. The van der Waals surface area contributed by atoms with Crippen LogP contribution in [0.1, 0.15) is 27.0 Å². The van der Waals surface area contributed by atoms with Gasteiger partial charge in [0.05, 0.1) is 10.6 Å². The van der Waals surface area contributed by atoms with Gasteiger partial charge in [0.2, 0.25) is 5.13 Å². The zero-order chi connectivity index (χ0) is 15.4. The van der Waals surface area contributed by atoms with Crippen molar-refractivity contribution in [3.63, 3.8) is 0 Å². The smallest absolute Gasteiger partial charge is 0.313 e. The molecule has 0 aliphatic rings. The summed E-state index contributed by atoms with van der Waals surface area (Å²) in [6.45, 7) is 4.04. The van der Waals surface area contributed by atoms with Gasteiger partial charge in [0, 0.05) is 4.88 Å². The first-order chi connectivity index (χ1) is 9.99. The van der Waals surface area contributed by atoms with Gasteiger partial charge < -0.3 is 5.11 Å². The topological polar surface area (TPSA) is 92.2 Å². The number of anilines is 1. The summed E-state index contributed by atoms with van der Waals surface area (Å²) in [5.41, 5.74) is 1.11. The average molecular weight is 343 g/mol. The predicted molar refractivity (Wildman–Crippen MR) is 84.7 cm³/mol. The standard InChI is InChI=1S/C12H13N3O3S3/c1-3-7-6(2)4-8(20-7)10(18)13-11-14-15-12(21-11)19-5-9(16)17/h4H,3,5H2,1-2H3,(H,16,17)(H,13,14,18). The Morgan fingerprint density at radius 3 is 2.76 bits per heavy atom. The van der Waals surface area contributed by atoms with E-state index in [1.54, 1.807) is 0 Å². The largest absolute Gasteiger partial charge is 0.481 e. The van der Waals surface area contributed by atoms with E-state index in [4.69, 9.17) is 5.11 Å². The number of thiophene rings is 1. The van der Waals surface area contributed by atoms with E-state index in [-0.39, 0.29) is 11.7 Å². The number of carbonyl (C=O) groups is 2. The van der Waals surface area contributed by atoms with E-state index >= 15 is 0 Å². The number of aryl methyl sites for hydroxylation is 2. The van der Waals surface area contributed by atoms with Crippen molar-refractivity contribution >= 4 is 51.4 Å². The van der Waals surface area contributed by atoms with Crippen LogP contribution in [0.25, 0.3) is 0 Å². The van der Waals surface area contributed by atoms with Crippen LogP contribution >= 0.6 is 34.4 Å². The first-order valence-corrected chi connectivity index (χ1v) is 8.70. The van der Waals surface area contributed by atoms with E-state index in [9.17, 15) is 9.59 Å². The van der Waals surface area contributed by atoms with E-state index < -0.39 is 5.97 Å². The Bertz CT molecular complexity index is 666. The van der Waals surface area contributed by atoms with Crippen molar-refractivity contribution in [1.82, 2.24) is 10.2 Å². The second-order valence-electron chi connectivity index (χ2n) is 4.08. The molecule has 0 spiro atoms. The Labute approximate surface area is 133 Å². The fourth-order valence-electron chi connectivity index (χ4n) is 1.58. The number of aliphatic carboxylic acids is 1. The maximum Gasteiger partial charge on any atom is 0.313 e. The second kappa shape index (κ2) is 7.01. The van der Waals surface area contributed by atoms with E-state index in [0.717, 1.165) is 35.1 Å². The van der Waals surface area contributed by atoms with Crippen molar-refractivity contribution in [1.29, 1.82) is 0 Å². The SMILES string of the molecule is CCc1sc(C(=O)Nc2nnc(SCC(=O)O)s2)cc1C. The molecule has 1 amide bonds. The van der Waals surface area contributed by atoms with Gasteiger partial charge in [-0.05, 0) is 25.0 Å². The quantitative estimate of drug-likeness (QED) is 0.619. The van der Waals surface area contributed by atoms with E-state index in [1.807, 2.05) is 13.0 Å². The molecular weight excluding hydrogens is 330 g/mol. The molecule has 0 fully saturated rings. The van der Waals surface area contributed by atoms with Crippen LogP contribution in [0.5, 0.6) is 0 Å². The maximum absolute atomic E-state index is 12.1. The zero-order valence-corrected chi connectivity index (χ0v) is 13.8. The van der Waals surface area contributed by atoms with Crippen molar-refractivity contribution in [2.24, 2.45) is 0 Å². The molecule has 2 N–H and O–H groups in total. The van der Waals surface area contributed by atoms with Crippen molar-refractivity contribution in [2.45, 2.75) is 24.6 Å². The average Bonchev–Trinajstić information content (AvgIpc) is 3.02. The number of hydrogen-bond acceptors (Lipinski definition) is 7. The minimum absolute atomic E-state index is 0.0768. The molecule has 0 saturated heterocycles. The molecule has 6 nitrogen and oxygen atoms in total. The van der Waals surface area contributed by atoms with Crippen LogP contribution in [-0.2, 0) is 11.2 Å². The molecule has 21 heavy (non-hydrogen) atoms. The molecular formula is C12H13N3O3S3. The lowest BCUT2D eigenvalue weighted by atomic mass is 10.2. The third-order valence-corrected chi connectivity index (χ3v) is 5.85. The van der Waals surface area contributed by atoms with Gasteiger partial charge in [-0.3, -0.25) is 14.9 Å². The van der Waals surface area contributed by atoms with Crippen LogP contribution < -0.4 is 5.32 Å². The van der Waals surface area contributed by atoms with Gasteiger partial charge in [-0.15, -0.1) is 21.5 Å². The molecule has 0 atom stereocenters. The van der Waals surface area contributed by atoms with Crippen LogP contribution in [-0.4, -0.2) is 32.9 Å². The third kappa shape index (κ3) is 4.26. The molecule has 2 aromatic rings. The molecule has 9 heteroatoms. The van der Waals surface area contributed by atoms with Crippen molar-refractivity contribution < 1.29 is 14.7 Å². The van der Waals surface area contributed by atoms with E-state index in [1.165, 1.54) is 16.2 Å². The lowest BCUT2D eigenvalue weighted by molar-refractivity contribution is -0.133. The molecule has 0 bridgehead atoms. The Morgan fingerprint density at radius 2 is 2.14 bits per heavy atom. The summed E-state index contributed by atoms with van der Waals surface area (Å²) in [5.74, 6) is -1.21. The summed E-state index contributed by atoms with van der Waals surface area (Å²) in [6, 6.07) is 1.86. The summed E-state index contributed by atoms with van der Waals surface area (Å²) in [4.78, 5) is 24.4. The summed E-state index contributed by atoms with van der Waals surface area (Å²) >= 11 is 3.71. The maximum atomic E-state index is 12.1. The molecule has 2 rings (SSSR count). The number of nitrogens with one attached hydrogen (secondary N) is 1. The number of rotatable bonds is 6. The van der Waals surface area contributed by atoms with Crippen molar-refractivity contribution in [3.05, 3.63) is 21.4 Å². The molecule has 112 valence electrons. The van der Waals surface area contributed by atoms with Gasteiger partial charge in [-0.1, -0.05) is 30.0 Å². The first kappa shape index (κ1) is 15.9. The molecule has 0 radical (unpaired) electrons. The minimum Gasteiger partial charge on any atom is -0.481 e. The number of carbonyl (C=O) groups excluding carboxylic acids is 1. The number of thioether (sulfide) groups is 1. The molecule has 2 heterocycles. The highest BCUT2D eigenvalue weighted by Gasteiger charge is 2.14. The number of amides is 1. The lowest BCUT2D eigenvalue weighted by Crippen LogP contribution is -2.09. The first-order valence-electron chi connectivity index (χ1n) is 6.08. The fraction of sp³-hybridized carbons (Fsp3) is 0.333. The van der Waals surface area contributed by atoms with Crippen LogP contribution in [0.2, 0.25) is 0 Å². The molecule has 0 aliphatic heterocycles. The Kier molecular flexibility index (Phi) is 5.32. The number of hydrogen-bond donors (Lipinski definition) is 2. The Morgan fingerprint density at radius 1 is 1.38 bits per heavy atom. The highest BCUT2D eigenvalue weighted by molar-refractivity contribution is 8.01. The van der Waals surface area contributed by atoms with Crippen LogP contribution in [0.3, 0.4) is 0 Å². The molecule has 0 aliphatic carbocycles. The number of nitrogens with zero attached hydrogens (tertiary/aromatic N) is 2. The Balaban J connectivity index is 2.00. The van der Waals surface area contributed by atoms with Gasteiger partial charge >= 0.3 is 5.97 Å². The molecule has 0 aromatic carbocycles. The number of aromatic nitrogens is 2. The molecule has 2 aromatic heterocycles. The summed E-state index contributed by atoms with van der Waals surface area (Å²) < 4.78 is 0.518. The fourth-order valence-corrected chi connectivity index (χ4v) is 4.06. The van der Waals surface area contributed by atoms with Gasteiger partial charge in [-0.25, -0.2) is 0 Å². The van der Waals surface area contributed by atoms with Crippen molar-refractivity contribution in [2.75, 3.05) is 11.1 Å². The summed E-state index contributed by atoms with van der Waals surface area (Å²) in [5, 5.41) is 19.3. The highest BCUT2D eigenvalue weighted by Crippen LogP contribution is 2.27. The Hall–Kier alpha value is -1.45. The predicted octanol–water partition coefficient (Wildman–Crippen LogP) is 2.90. The molecule has 0 unspecified atom stereocenters. The van der Waals surface area contributed by atoms with Crippen LogP contribution in [0, 0.1) is 6.92 Å². The van der Waals surface area contributed by atoms with Gasteiger partial charge in [0.15, 0.2) is 4.34 Å². The van der Waals surface area contributed by atoms with Gasteiger partial charge in [0.25, 0.3) is 5.91 Å². The lowest BCUT2D eigenvalue weighted by Gasteiger charge is -1.96. The summed E-state index contributed by atoms with van der Waals surface area (Å²) in [6.07, 6.45) is 0.901. The van der Waals surface area contributed by atoms with Crippen LogP contribution in [0.4, 0.5) is 5.13 Å². The number of carboxylic acid groups (broad SMARTS) is 1. The van der Waals surface area contributed by atoms with Gasteiger partial charge in [0.1, 0.15) is 0 Å². The third-order valence-electron chi connectivity index (χ3n) is 2.51. The highest BCUT2D eigenvalue weighted by atomic mass is 32.2. The monoisotopic (exact) mass is 343 g/mol.